The molecule has 0 fully saturated rings. The van der Waals surface area contributed by atoms with Crippen molar-refractivity contribution < 1.29 is 0 Å². The molecular formula is C9H16N2. The summed E-state index contributed by atoms with van der Waals surface area (Å²) in [6, 6.07) is 0. The molecule has 0 aliphatic carbocycles. The maximum atomic E-state index is 3.59. The first-order valence-electron chi connectivity index (χ1n) is 3.72. The molecule has 0 aromatic carbocycles. The predicted octanol–water partition coefficient (Wildman–Crippen LogP) is 1.05. The lowest BCUT2D eigenvalue weighted by Crippen LogP contribution is -2.13. The van der Waals surface area contributed by atoms with Crippen LogP contribution in [0.5, 0.6) is 0 Å². The van der Waals surface area contributed by atoms with Gasteiger partial charge in [0.15, 0.2) is 0 Å². The third-order valence-corrected chi connectivity index (χ3v) is 1.05. The molecule has 2 nitrogen and oxygen atoms in total. The molecule has 0 aliphatic heterocycles. The minimum atomic E-state index is 0.817. The van der Waals surface area contributed by atoms with Crippen LogP contribution in [0.15, 0.2) is 37.6 Å². The van der Waals surface area contributed by atoms with E-state index in [0.717, 1.165) is 19.6 Å². The summed E-state index contributed by atoms with van der Waals surface area (Å²) in [4.78, 5) is 0. The van der Waals surface area contributed by atoms with E-state index >= 15 is 0 Å². The predicted molar refractivity (Wildman–Crippen MR) is 50.4 cm³/mol. The van der Waals surface area contributed by atoms with Crippen LogP contribution in [0, 0.1) is 0 Å². The normalized spacial score (nSPS) is 9.82. The van der Waals surface area contributed by atoms with Crippen LogP contribution in [0.2, 0.25) is 0 Å². The van der Waals surface area contributed by atoms with Crippen LogP contribution in [0.3, 0.4) is 0 Å². The lowest BCUT2D eigenvalue weighted by atomic mass is 10.5. The van der Waals surface area contributed by atoms with Crippen molar-refractivity contribution in [3.63, 3.8) is 0 Å². The molecule has 0 rings (SSSR count). The Bertz CT molecular complexity index is 128. The zero-order valence-corrected chi connectivity index (χ0v) is 6.84. The van der Waals surface area contributed by atoms with Gasteiger partial charge in [-0.1, -0.05) is 18.2 Å². The van der Waals surface area contributed by atoms with E-state index in [0.29, 0.717) is 0 Å². The number of hydrogen-bond donors (Lipinski definition) is 2. The Balaban J connectivity index is 3.02. The van der Waals surface area contributed by atoms with E-state index in [4.69, 9.17) is 0 Å². The highest BCUT2D eigenvalue weighted by Gasteiger charge is 1.74. The molecule has 0 unspecified atom stereocenters. The zero-order chi connectivity index (χ0) is 8.36. The number of hydrogen-bond acceptors (Lipinski definition) is 2. The summed E-state index contributed by atoms with van der Waals surface area (Å²) in [5, 5.41) is 6.19. The molecule has 0 aromatic rings. The Kier molecular flexibility index (Phi) is 8.15. The fraction of sp³-hybridized carbons (Fsp3) is 0.333. The molecule has 0 heterocycles. The van der Waals surface area contributed by atoms with Crippen molar-refractivity contribution in [1.29, 1.82) is 0 Å². The van der Waals surface area contributed by atoms with Gasteiger partial charge >= 0.3 is 0 Å². The molecule has 2 N–H and O–H groups in total. The third-order valence-electron chi connectivity index (χ3n) is 1.05. The van der Waals surface area contributed by atoms with Gasteiger partial charge in [0.25, 0.3) is 0 Å². The first-order chi connectivity index (χ1) is 5.41. The van der Waals surface area contributed by atoms with E-state index in [9.17, 15) is 0 Å². The van der Waals surface area contributed by atoms with Gasteiger partial charge < -0.3 is 10.6 Å². The van der Waals surface area contributed by atoms with Gasteiger partial charge in [-0.2, -0.15) is 0 Å². The molecule has 0 saturated carbocycles. The van der Waals surface area contributed by atoms with Crippen molar-refractivity contribution in [3.05, 3.63) is 37.6 Å². The molecule has 2 heteroatoms. The second-order valence-electron chi connectivity index (χ2n) is 2.05. The van der Waals surface area contributed by atoms with Gasteiger partial charge in [-0.05, 0) is 6.20 Å². The van der Waals surface area contributed by atoms with Crippen molar-refractivity contribution in [2.45, 2.75) is 0 Å². The van der Waals surface area contributed by atoms with E-state index in [1.54, 1.807) is 0 Å². The molecule has 0 aromatic heterocycles. The largest absolute Gasteiger partial charge is 0.388 e. The number of nitrogens with one attached hydrogen (secondary N) is 2. The lowest BCUT2D eigenvalue weighted by Gasteiger charge is -1.95. The second kappa shape index (κ2) is 8.98. The van der Waals surface area contributed by atoms with Crippen molar-refractivity contribution >= 4 is 0 Å². The molecule has 62 valence electrons. The monoisotopic (exact) mass is 152 g/mol. The smallest absolute Gasteiger partial charge is 0.0322 e. The average molecular weight is 152 g/mol. The van der Waals surface area contributed by atoms with Crippen LogP contribution in [0.25, 0.3) is 0 Å². The van der Waals surface area contributed by atoms with Gasteiger partial charge in [-0.25, -0.2) is 0 Å². The Labute approximate surface area is 68.7 Å². The Hall–Kier alpha value is -1.02. The molecule has 0 amide bonds. The van der Waals surface area contributed by atoms with Crippen molar-refractivity contribution in [1.82, 2.24) is 10.6 Å². The van der Waals surface area contributed by atoms with Gasteiger partial charge in [0, 0.05) is 19.6 Å². The van der Waals surface area contributed by atoms with Crippen molar-refractivity contribution in [2.24, 2.45) is 0 Å². The topological polar surface area (TPSA) is 24.1 Å². The van der Waals surface area contributed by atoms with E-state index in [1.165, 1.54) is 0 Å². The van der Waals surface area contributed by atoms with Gasteiger partial charge in [-0.15, -0.1) is 13.2 Å². The molecule has 0 atom stereocenters. The Morgan fingerprint density at radius 3 is 2.36 bits per heavy atom. The van der Waals surface area contributed by atoms with Crippen LogP contribution in [-0.4, -0.2) is 19.6 Å². The van der Waals surface area contributed by atoms with Crippen LogP contribution in [0.1, 0.15) is 0 Å². The Morgan fingerprint density at radius 2 is 1.73 bits per heavy atom. The first kappa shape index (κ1) is 9.98. The summed E-state index contributed by atoms with van der Waals surface area (Å²) in [7, 11) is 0. The maximum Gasteiger partial charge on any atom is 0.0322 e. The van der Waals surface area contributed by atoms with Crippen molar-refractivity contribution in [3.8, 4) is 0 Å². The van der Waals surface area contributed by atoms with Crippen molar-refractivity contribution in [2.75, 3.05) is 19.6 Å². The van der Waals surface area contributed by atoms with E-state index in [-0.39, 0.29) is 0 Å². The molecular weight excluding hydrogens is 136 g/mol. The SMILES string of the molecule is C=CCN/C=C/CNCC=C. The number of rotatable bonds is 7. The summed E-state index contributed by atoms with van der Waals surface area (Å²) < 4.78 is 0. The van der Waals surface area contributed by atoms with Gasteiger partial charge in [0.05, 0.1) is 0 Å². The van der Waals surface area contributed by atoms with Gasteiger partial charge in [0.1, 0.15) is 0 Å². The van der Waals surface area contributed by atoms with Crippen LogP contribution < -0.4 is 10.6 Å². The van der Waals surface area contributed by atoms with Crippen LogP contribution in [-0.2, 0) is 0 Å². The maximum absolute atomic E-state index is 3.59. The minimum absolute atomic E-state index is 0.817. The third kappa shape index (κ3) is 8.98. The summed E-state index contributed by atoms with van der Waals surface area (Å²) in [6.45, 7) is 9.72. The summed E-state index contributed by atoms with van der Waals surface area (Å²) in [6.07, 6.45) is 7.59. The second-order valence-corrected chi connectivity index (χ2v) is 2.05. The molecule has 0 saturated heterocycles. The zero-order valence-electron chi connectivity index (χ0n) is 6.84. The minimum Gasteiger partial charge on any atom is -0.388 e. The fourth-order valence-corrected chi connectivity index (χ4v) is 0.562. The summed E-state index contributed by atoms with van der Waals surface area (Å²) in [5.74, 6) is 0. The van der Waals surface area contributed by atoms with E-state index in [1.807, 2.05) is 24.4 Å². The standard InChI is InChI=1S/C9H16N2/c1-3-6-10-8-5-9-11-7-4-2/h3-5,8,10-11H,1-2,6-7,9H2/b8-5+. The van der Waals surface area contributed by atoms with E-state index in [2.05, 4.69) is 23.8 Å². The van der Waals surface area contributed by atoms with E-state index < -0.39 is 0 Å². The average Bonchev–Trinajstić information content (AvgIpc) is 2.03. The highest BCUT2D eigenvalue weighted by molar-refractivity contribution is 4.85. The van der Waals surface area contributed by atoms with Crippen LogP contribution in [0.4, 0.5) is 0 Å². The van der Waals surface area contributed by atoms with Gasteiger partial charge in [-0.3, -0.25) is 0 Å². The molecule has 0 radical (unpaired) electrons. The summed E-state index contributed by atoms with van der Waals surface area (Å²) in [5.41, 5.74) is 0. The van der Waals surface area contributed by atoms with Gasteiger partial charge in [0.2, 0.25) is 0 Å². The molecule has 0 aliphatic rings. The highest BCUT2D eigenvalue weighted by Crippen LogP contribution is 1.67. The fourth-order valence-electron chi connectivity index (χ4n) is 0.562. The lowest BCUT2D eigenvalue weighted by molar-refractivity contribution is 0.836. The van der Waals surface area contributed by atoms with Crippen LogP contribution >= 0.6 is 0 Å². The quantitative estimate of drug-likeness (QED) is 0.421. The molecule has 0 spiro atoms. The summed E-state index contributed by atoms with van der Waals surface area (Å²) >= 11 is 0. The molecule has 11 heavy (non-hydrogen) atoms. The highest BCUT2D eigenvalue weighted by atomic mass is 14.9. The first-order valence-corrected chi connectivity index (χ1v) is 3.72. The molecule has 0 bridgehead atoms. The Morgan fingerprint density at radius 1 is 1.00 bits per heavy atom.